The number of aliphatic imine (C=N–C) groups is 1. The van der Waals surface area contributed by atoms with Crippen molar-refractivity contribution in [2.75, 3.05) is 26.3 Å². The van der Waals surface area contributed by atoms with Crippen LogP contribution in [-0.2, 0) is 6.54 Å². The highest BCUT2D eigenvalue weighted by Crippen LogP contribution is 2.38. The van der Waals surface area contributed by atoms with Crippen LogP contribution in [0.5, 0.6) is 5.88 Å². The van der Waals surface area contributed by atoms with E-state index in [0.717, 1.165) is 31.0 Å². The molecule has 0 radical (unpaired) electrons. The van der Waals surface area contributed by atoms with Crippen LogP contribution >= 0.6 is 24.0 Å². The van der Waals surface area contributed by atoms with E-state index in [-0.39, 0.29) is 36.0 Å². The molecule has 0 aliphatic heterocycles. The minimum atomic E-state index is 0. The average Bonchev–Trinajstić information content (AvgIpc) is 2.66. The summed E-state index contributed by atoms with van der Waals surface area (Å²) in [6, 6.07) is 3.90. The Hall–Kier alpha value is -1.09. The molecule has 27 heavy (non-hydrogen) atoms. The minimum Gasteiger partial charge on any atom is -0.478 e. The van der Waals surface area contributed by atoms with Crippen molar-refractivity contribution >= 4 is 29.9 Å². The fraction of sp³-hybridized carbons (Fsp3) is 0.700. The number of nitrogens with zero attached hydrogens (tertiary/aromatic N) is 2. The summed E-state index contributed by atoms with van der Waals surface area (Å²) in [6.07, 6.45) is 8.81. The van der Waals surface area contributed by atoms with Crippen molar-refractivity contribution < 1.29 is 9.84 Å². The van der Waals surface area contributed by atoms with Crippen molar-refractivity contribution in [1.29, 1.82) is 0 Å². The molecular weight excluding hydrogens is 455 g/mol. The molecule has 6 nitrogen and oxygen atoms in total. The van der Waals surface area contributed by atoms with Crippen molar-refractivity contribution in [2.45, 2.75) is 58.9 Å². The fourth-order valence-electron chi connectivity index (χ4n) is 3.61. The second kappa shape index (κ2) is 13.1. The molecule has 2 rings (SSSR count). The number of pyridine rings is 1. The van der Waals surface area contributed by atoms with Crippen LogP contribution in [0.15, 0.2) is 23.3 Å². The molecule has 1 aromatic rings. The zero-order chi connectivity index (χ0) is 18.7. The van der Waals surface area contributed by atoms with Crippen LogP contribution in [0.25, 0.3) is 0 Å². The number of hydrogen-bond donors (Lipinski definition) is 3. The lowest BCUT2D eigenvalue weighted by atomic mass is 9.72. The maximum absolute atomic E-state index is 9.48. The molecule has 0 aromatic carbocycles. The Morgan fingerprint density at radius 2 is 2.04 bits per heavy atom. The summed E-state index contributed by atoms with van der Waals surface area (Å²) in [5.41, 5.74) is 1.27. The van der Waals surface area contributed by atoms with E-state index in [9.17, 15) is 5.11 Å². The molecule has 0 saturated heterocycles. The van der Waals surface area contributed by atoms with Gasteiger partial charge in [0.15, 0.2) is 5.96 Å². The van der Waals surface area contributed by atoms with E-state index in [1.54, 1.807) is 6.20 Å². The Balaban J connectivity index is 0.00000364. The SMILES string of the molecule is CCNC(=NCc1ccnc(OCC)c1)NCC1(CCO)CCCCC1.I. The summed E-state index contributed by atoms with van der Waals surface area (Å²) in [5.74, 6) is 1.47. The summed E-state index contributed by atoms with van der Waals surface area (Å²) < 4.78 is 5.45. The van der Waals surface area contributed by atoms with Crippen molar-refractivity contribution in [3.05, 3.63) is 23.9 Å². The van der Waals surface area contributed by atoms with Gasteiger partial charge in [0.1, 0.15) is 0 Å². The summed E-state index contributed by atoms with van der Waals surface area (Å²) in [6.45, 7) is 7.14. The molecule has 7 heteroatoms. The third-order valence-electron chi connectivity index (χ3n) is 5.04. The van der Waals surface area contributed by atoms with Crippen LogP contribution in [0.3, 0.4) is 0 Å². The van der Waals surface area contributed by atoms with Gasteiger partial charge in [0.05, 0.1) is 13.2 Å². The number of halogens is 1. The molecular formula is C20H35IN4O2. The lowest BCUT2D eigenvalue weighted by Crippen LogP contribution is -2.44. The number of aliphatic hydroxyl groups excluding tert-OH is 1. The molecule has 0 spiro atoms. The number of nitrogens with one attached hydrogen (secondary N) is 2. The van der Waals surface area contributed by atoms with Gasteiger partial charge in [-0.1, -0.05) is 19.3 Å². The lowest BCUT2D eigenvalue weighted by molar-refractivity contribution is 0.131. The van der Waals surface area contributed by atoms with Crippen LogP contribution < -0.4 is 15.4 Å². The van der Waals surface area contributed by atoms with Gasteiger partial charge in [-0.05, 0) is 50.2 Å². The average molecular weight is 490 g/mol. The molecule has 0 unspecified atom stereocenters. The highest BCUT2D eigenvalue weighted by Gasteiger charge is 2.31. The van der Waals surface area contributed by atoms with E-state index in [2.05, 4.69) is 22.5 Å². The van der Waals surface area contributed by atoms with Crippen molar-refractivity contribution in [3.8, 4) is 5.88 Å². The number of hydrogen-bond acceptors (Lipinski definition) is 4. The van der Waals surface area contributed by atoms with Gasteiger partial charge in [0.25, 0.3) is 0 Å². The van der Waals surface area contributed by atoms with Crippen LogP contribution in [0.1, 0.15) is 57.9 Å². The molecule has 1 fully saturated rings. The van der Waals surface area contributed by atoms with Gasteiger partial charge in [0.2, 0.25) is 5.88 Å². The second-order valence-electron chi connectivity index (χ2n) is 7.02. The number of ether oxygens (including phenoxy) is 1. The van der Waals surface area contributed by atoms with Gasteiger partial charge in [-0.3, -0.25) is 0 Å². The first-order chi connectivity index (χ1) is 12.7. The molecule has 154 valence electrons. The molecule has 0 bridgehead atoms. The molecule has 0 amide bonds. The van der Waals surface area contributed by atoms with Crippen LogP contribution in [0.4, 0.5) is 0 Å². The summed E-state index contributed by atoms with van der Waals surface area (Å²) in [5, 5.41) is 16.3. The predicted octanol–water partition coefficient (Wildman–Crippen LogP) is 3.49. The van der Waals surface area contributed by atoms with Crippen molar-refractivity contribution in [3.63, 3.8) is 0 Å². The Bertz CT molecular complexity index is 557. The first-order valence-electron chi connectivity index (χ1n) is 9.92. The highest BCUT2D eigenvalue weighted by atomic mass is 127. The molecule has 0 atom stereocenters. The van der Waals surface area contributed by atoms with E-state index < -0.39 is 0 Å². The first kappa shape index (κ1) is 23.9. The van der Waals surface area contributed by atoms with E-state index in [1.165, 1.54) is 32.1 Å². The fourth-order valence-corrected chi connectivity index (χ4v) is 3.61. The number of guanidine groups is 1. The Morgan fingerprint density at radius 1 is 1.26 bits per heavy atom. The molecule has 1 aliphatic carbocycles. The zero-order valence-electron chi connectivity index (χ0n) is 16.7. The quantitative estimate of drug-likeness (QED) is 0.281. The van der Waals surface area contributed by atoms with Gasteiger partial charge >= 0.3 is 0 Å². The van der Waals surface area contributed by atoms with Crippen LogP contribution in [0.2, 0.25) is 0 Å². The van der Waals surface area contributed by atoms with E-state index in [1.807, 2.05) is 19.1 Å². The van der Waals surface area contributed by atoms with E-state index in [0.29, 0.717) is 19.0 Å². The third kappa shape index (κ3) is 8.21. The Labute approximate surface area is 180 Å². The minimum absolute atomic E-state index is 0. The van der Waals surface area contributed by atoms with Crippen LogP contribution in [-0.4, -0.2) is 42.4 Å². The normalized spacial score (nSPS) is 16.3. The Kier molecular flexibility index (Phi) is 11.7. The largest absolute Gasteiger partial charge is 0.478 e. The number of aromatic nitrogens is 1. The predicted molar refractivity (Wildman–Crippen MR) is 121 cm³/mol. The van der Waals surface area contributed by atoms with Gasteiger partial charge in [0, 0.05) is 32.0 Å². The first-order valence-corrected chi connectivity index (χ1v) is 9.92. The standard InChI is InChI=1S/C20H34N4O2.HI/c1-3-21-19(23-15-17-8-12-22-18(14-17)26-4-2)24-16-20(11-13-25)9-6-5-7-10-20;/h8,12,14,25H,3-7,9-11,13,15-16H2,1-2H3,(H2,21,23,24);1H. The summed E-state index contributed by atoms with van der Waals surface area (Å²) in [7, 11) is 0. The third-order valence-corrected chi connectivity index (χ3v) is 5.04. The second-order valence-corrected chi connectivity index (χ2v) is 7.02. The topological polar surface area (TPSA) is 78.8 Å². The monoisotopic (exact) mass is 490 g/mol. The van der Waals surface area contributed by atoms with Gasteiger partial charge in [-0.25, -0.2) is 9.98 Å². The van der Waals surface area contributed by atoms with E-state index >= 15 is 0 Å². The number of aliphatic hydroxyl groups is 1. The smallest absolute Gasteiger partial charge is 0.213 e. The summed E-state index contributed by atoms with van der Waals surface area (Å²) >= 11 is 0. The molecule has 3 N–H and O–H groups in total. The van der Waals surface area contributed by atoms with E-state index in [4.69, 9.17) is 9.73 Å². The molecule has 1 aliphatic rings. The van der Waals surface area contributed by atoms with Crippen molar-refractivity contribution in [1.82, 2.24) is 15.6 Å². The maximum atomic E-state index is 9.48. The number of rotatable bonds is 9. The van der Waals surface area contributed by atoms with Gasteiger partial charge in [-0.2, -0.15) is 0 Å². The molecule has 1 aromatic heterocycles. The Morgan fingerprint density at radius 3 is 2.70 bits per heavy atom. The molecule has 1 heterocycles. The summed E-state index contributed by atoms with van der Waals surface area (Å²) in [4.78, 5) is 8.90. The lowest BCUT2D eigenvalue weighted by Gasteiger charge is -2.37. The van der Waals surface area contributed by atoms with Gasteiger partial charge in [-0.15, -0.1) is 24.0 Å². The van der Waals surface area contributed by atoms with Crippen LogP contribution in [0, 0.1) is 5.41 Å². The highest BCUT2D eigenvalue weighted by molar-refractivity contribution is 14.0. The zero-order valence-corrected chi connectivity index (χ0v) is 19.0. The van der Waals surface area contributed by atoms with Gasteiger partial charge < -0.3 is 20.5 Å². The maximum Gasteiger partial charge on any atom is 0.213 e. The molecule has 1 saturated carbocycles. The van der Waals surface area contributed by atoms with Crippen molar-refractivity contribution in [2.24, 2.45) is 10.4 Å².